The Balaban J connectivity index is 2.11. The first-order valence-electron chi connectivity index (χ1n) is 4.42. The minimum atomic E-state index is -0.430. The van der Waals surface area contributed by atoms with E-state index in [4.69, 9.17) is 0 Å². The first kappa shape index (κ1) is 11.5. The zero-order chi connectivity index (χ0) is 11.5. The maximum absolute atomic E-state index is 10.5. The van der Waals surface area contributed by atoms with Crippen LogP contribution in [0.4, 0.5) is 5.00 Å². The van der Waals surface area contributed by atoms with Crippen molar-refractivity contribution in [1.82, 2.24) is 9.97 Å². The Morgan fingerprint density at radius 2 is 2.06 bits per heavy atom. The number of nitrogens with zero attached hydrogens (tertiary/aromatic N) is 3. The molecular weight excluding hydrogens is 266 g/mol. The van der Waals surface area contributed by atoms with E-state index in [0.717, 1.165) is 22.1 Å². The number of aryl methyl sites for hydroxylation is 1. The molecule has 2 heterocycles. The Morgan fingerprint density at radius 3 is 2.62 bits per heavy atom. The smallest absolute Gasteiger partial charge is 0.257 e. The van der Waals surface area contributed by atoms with Crippen molar-refractivity contribution in [3.63, 3.8) is 0 Å². The Labute approximate surface area is 104 Å². The first-order chi connectivity index (χ1) is 7.69. The van der Waals surface area contributed by atoms with E-state index in [1.54, 1.807) is 11.3 Å². The molecule has 0 bridgehead atoms. The van der Waals surface area contributed by atoms with Crippen LogP contribution in [0, 0.1) is 10.1 Å². The third-order valence-corrected chi connectivity index (χ3v) is 4.95. The second-order valence-corrected chi connectivity index (χ2v) is 6.39. The lowest BCUT2D eigenvalue weighted by atomic mass is 10.4. The molecule has 0 radical (unpaired) electrons. The third-order valence-electron chi connectivity index (χ3n) is 1.71. The molecule has 0 saturated heterocycles. The Bertz CT molecular complexity index is 508. The van der Waals surface area contributed by atoms with Crippen molar-refractivity contribution < 1.29 is 4.92 Å². The monoisotopic (exact) mass is 273 g/mol. The van der Waals surface area contributed by atoms with Crippen LogP contribution in [0.25, 0.3) is 0 Å². The molecule has 0 spiro atoms. The Kier molecular flexibility index (Phi) is 3.52. The summed E-state index contributed by atoms with van der Waals surface area (Å²) in [7, 11) is 0. The molecule has 0 fully saturated rings. The summed E-state index contributed by atoms with van der Waals surface area (Å²) in [5.41, 5.74) is 0. The van der Waals surface area contributed by atoms with Crippen molar-refractivity contribution in [1.29, 1.82) is 0 Å². The highest BCUT2D eigenvalue weighted by Gasteiger charge is 2.13. The van der Waals surface area contributed by atoms with Gasteiger partial charge < -0.3 is 0 Å². The van der Waals surface area contributed by atoms with E-state index >= 15 is 0 Å². The van der Waals surface area contributed by atoms with Gasteiger partial charge in [0.15, 0.2) is 8.68 Å². The zero-order valence-electron chi connectivity index (χ0n) is 8.24. The fourth-order valence-electron chi connectivity index (χ4n) is 0.957. The van der Waals surface area contributed by atoms with Crippen molar-refractivity contribution in [3.05, 3.63) is 27.4 Å². The van der Waals surface area contributed by atoms with E-state index in [9.17, 15) is 10.1 Å². The normalized spacial score (nSPS) is 10.6. The van der Waals surface area contributed by atoms with Crippen LogP contribution in [0.3, 0.4) is 0 Å². The largest absolute Gasteiger partial charge is 0.344 e. The highest BCUT2D eigenvalue weighted by molar-refractivity contribution is 8.02. The van der Waals surface area contributed by atoms with Gasteiger partial charge in [-0.15, -0.1) is 11.3 Å². The van der Waals surface area contributed by atoms with Gasteiger partial charge in [-0.25, -0.2) is 9.97 Å². The summed E-state index contributed by atoms with van der Waals surface area (Å²) in [6.07, 6.45) is 4.06. The summed E-state index contributed by atoms with van der Waals surface area (Å²) >= 11 is 4.04. The average Bonchev–Trinajstić information content (AvgIpc) is 2.87. The Morgan fingerprint density at radius 1 is 1.38 bits per heavy atom. The predicted octanol–water partition coefficient (Wildman–Crippen LogP) is 3.22. The molecule has 2 rings (SSSR count). The number of rotatable bonds is 4. The third kappa shape index (κ3) is 2.57. The molecule has 5 nitrogen and oxygen atoms in total. The van der Waals surface area contributed by atoms with Crippen molar-refractivity contribution in [2.24, 2.45) is 0 Å². The standard InChI is InChI=1S/C8H7N3O2S3/c1-2-5-3-9-7(14-5)16-8-10-4-6(15-8)11(12)13/h3-4H,2H2,1H3. The summed E-state index contributed by atoms with van der Waals surface area (Å²) < 4.78 is 1.53. The van der Waals surface area contributed by atoms with Crippen LogP contribution in [0.15, 0.2) is 21.1 Å². The van der Waals surface area contributed by atoms with Crippen LogP contribution in [0.2, 0.25) is 0 Å². The highest BCUT2D eigenvalue weighted by atomic mass is 32.2. The minimum absolute atomic E-state index is 0.0646. The van der Waals surface area contributed by atoms with Gasteiger partial charge in [-0.3, -0.25) is 10.1 Å². The van der Waals surface area contributed by atoms with Crippen molar-refractivity contribution in [2.75, 3.05) is 0 Å². The molecular formula is C8H7N3O2S3. The number of aromatic nitrogens is 2. The fraction of sp³-hybridized carbons (Fsp3) is 0.250. The summed E-state index contributed by atoms with van der Waals surface area (Å²) in [5, 5.41) is 10.5. The van der Waals surface area contributed by atoms with Gasteiger partial charge in [0.25, 0.3) is 0 Å². The van der Waals surface area contributed by atoms with E-state index in [1.165, 1.54) is 22.8 Å². The van der Waals surface area contributed by atoms with Crippen LogP contribution in [0.5, 0.6) is 0 Å². The average molecular weight is 273 g/mol. The second-order valence-electron chi connectivity index (χ2n) is 2.77. The van der Waals surface area contributed by atoms with E-state index in [0.29, 0.717) is 4.34 Å². The van der Waals surface area contributed by atoms with Gasteiger partial charge in [0.2, 0.25) is 0 Å². The maximum atomic E-state index is 10.5. The SMILES string of the molecule is CCc1cnc(Sc2ncc([N+](=O)[O-])s2)s1. The van der Waals surface area contributed by atoms with Crippen LogP contribution < -0.4 is 0 Å². The molecule has 0 aliphatic heterocycles. The lowest BCUT2D eigenvalue weighted by Crippen LogP contribution is -1.80. The van der Waals surface area contributed by atoms with Gasteiger partial charge in [-0.2, -0.15) is 0 Å². The zero-order valence-corrected chi connectivity index (χ0v) is 10.7. The highest BCUT2D eigenvalue weighted by Crippen LogP contribution is 2.36. The van der Waals surface area contributed by atoms with Crippen LogP contribution in [-0.2, 0) is 6.42 Å². The molecule has 0 amide bonds. The van der Waals surface area contributed by atoms with Gasteiger partial charge in [0, 0.05) is 11.1 Å². The topological polar surface area (TPSA) is 68.9 Å². The molecule has 16 heavy (non-hydrogen) atoms. The Hall–Kier alpha value is -0.990. The fourth-order valence-corrected chi connectivity index (χ4v) is 3.90. The van der Waals surface area contributed by atoms with Crippen LogP contribution in [0.1, 0.15) is 11.8 Å². The quantitative estimate of drug-likeness (QED) is 0.632. The van der Waals surface area contributed by atoms with Crippen molar-refractivity contribution in [3.8, 4) is 0 Å². The van der Waals surface area contributed by atoms with Crippen molar-refractivity contribution in [2.45, 2.75) is 22.0 Å². The van der Waals surface area contributed by atoms with E-state index < -0.39 is 4.92 Å². The maximum Gasteiger partial charge on any atom is 0.344 e. The molecule has 0 aliphatic rings. The predicted molar refractivity (Wildman–Crippen MR) is 64.4 cm³/mol. The molecule has 2 aromatic heterocycles. The van der Waals surface area contributed by atoms with Gasteiger partial charge in [-0.1, -0.05) is 6.92 Å². The lowest BCUT2D eigenvalue weighted by molar-refractivity contribution is -0.380. The first-order valence-corrected chi connectivity index (χ1v) is 6.86. The van der Waals surface area contributed by atoms with E-state index in [-0.39, 0.29) is 5.00 Å². The number of nitro groups is 1. The van der Waals surface area contributed by atoms with Gasteiger partial charge in [-0.05, 0) is 29.5 Å². The van der Waals surface area contributed by atoms with Gasteiger partial charge in [0.1, 0.15) is 6.20 Å². The number of hydrogen-bond acceptors (Lipinski definition) is 7. The molecule has 2 aromatic rings. The second kappa shape index (κ2) is 4.89. The minimum Gasteiger partial charge on any atom is -0.257 e. The van der Waals surface area contributed by atoms with E-state index in [1.807, 2.05) is 6.20 Å². The van der Waals surface area contributed by atoms with Gasteiger partial charge >= 0.3 is 5.00 Å². The summed E-state index contributed by atoms with van der Waals surface area (Å²) in [6, 6.07) is 0. The summed E-state index contributed by atoms with van der Waals surface area (Å²) in [4.78, 5) is 19.4. The van der Waals surface area contributed by atoms with Crippen LogP contribution >= 0.6 is 34.4 Å². The summed E-state index contributed by atoms with van der Waals surface area (Å²) in [5.74, 6) is 0. The van der Waals surface area contributed by atoms with Gasteiger partial charge in [0.05, 0.1) is 4.92 Å². The molecule has 0 atom stereocenters. The lowest BCUT2D eigenvalue weighted by Gasteiger charge is -1.87. The van der Waals surface area contributed by atoms with Crippen molar-refractivity contribution >= 4 is 39.4 Å². The molecule has 0 aromatic carbocycles. The number of thiazole rings is 2. The van der Waals surface area contributed by atoms with Crippen LogP contribution in [-0.4, -0.2) is 14.9 Å². The molecule has 0 aliphatic carbocycles. The molecule has 0 unspecified atom stereocenters. The molecule has 84 valence electrons. The molecule has 8 heteroatoms. The number of hydrogen-bond donors (Lipinski definition) is 0. The van der Waals surface area contributed by atoms with E-state index in [2.05, 4.69) is 16.9 Å². The molecule has 0 saturated carbocycles. The summed E-state index contributed by atoms with van der Waals surface area (Å²) in [6.45, 7) is 2.07. The molecule has 0 N–H and O–H groups in total.